The van der Waals surface area contributed by atoms with Gasteiger partial charge in [0.05, 0.1) is 0 Å². The molecule has 1 atom stereocenters. The summed E-state index contributed by atoms with van der Waals surface area (Å²) in [6.45, 7) is 5.17. The number of ether oxygens (including phenoxy) is 1. The van der Waals surface area contributed by atoms with Crippen molar-refractivity contribution in [3.05, 3.63) is 30.3 Å². The molecule has 0 spiro atoms. The molecule has 110 valence electrons. The normalized spacial score (nSPS) is 12.6. The van der Waals surface area contributed by atoms with Crippen LogP contribution < -0.4 is 5.32 Å². The molecule has 1 rings (SSSR count). The maximum Gasteiger partial charge on any atom is 0.408 e. The van der Waals surface area contributed by atoms with Gasteiger partial charge in [0, 0.05) is 10.6 Å². The van der Waals surface area contributed by atoms with Crippen LogP contribution in [0.4, 0.5) is 4.79 Å². The standard InChI is InChI=1S/C14H19NO4S/c1-14(2,3)19-13(18)15-11(12(16)17)9-20-10-7-5-4-6-8-10/h4-8,11H,9H2,1-3H3,(H,15,18)(H,16,17). The van der Waals surface area contributed by atoms with Gasteiger partial charge in [-0.2, -0.15) is 0 Å². The van der Waals surface area contributed by atoms with Crippen LogP contribution >= 0.6 is 11.8 Å². The number of hydrogen-bond donors (Lipinski definition) is 2. The first kappa shape index (κ1) is 16.4. The molecule has 0 heterocycles. The molecule has 1 unspecified atom stereocenters. The molecule has 1 aromatic carbocycles. The first-order valence-corrected chi connectivity index (χ1v) is 7.16. The molecule has 1 aromatic rings. The molecule has 0 aliphatic carbocycles. The van der Waals surface area contributed by atoms with Crippen LogP contribution in [0.3, 0.4) is 0 Å². The first-order chi connectivity index (χ1) is 9.28. The quantitative estimate of drug-likeness (QED) is 0.817. The van der Waals surface area contributed by atoms with Crippen molar-refractivity contribution < 1.29 is 19.4 Å². The molecule has 20 heavy (non-hydrogen) atoms. The molecule has 0 saturated carbocycles. The Morgan fingerprint density at radius 1 is 1.30 bits per heavy atom. The number of carbonyl (C=O) groups excluding carboxylic acids is 1. The fraction of sp³-hybridized carbons (Fsp3) is 0.429. The van der Waals surface area contributed by atoms with Gasteiger partial charge in [-0.3, -0.25) is 0 Å². The highest BCUT2D eigenvalue weighted by Crippen LogP contribution is 2.18. The van der Waals surface area contributed by atoms with E-state index in [1.165, 1.54) is 11.8 Å². The number of aliphatic carboxylic acids is 1. The number of carboxylic acid groups (broad SMARTS) is 1. The second kappa shape index (κ2) is 7.19. The molecule has 1 amide bonds. The summed E-state index contributed by atoms with van der Waals surface area (Å²) in [7, 11) is 0. The van der Waals surface area contributed by atoms with Crippen LogP contribution in [-0.2, 0) is 9.53 Å². The lowest BCUT2D eigenvalue weighted by Crippen LogP contribution is -2.44. The van der Waals surface area contributed by atoms with Crippen LogP contribution in [0.25, 0.3) is 0 Å². The summed E-state index contributed by atoms with van der Waals surface area (Å²) in [5, 5.41) is 11.5. The predicted molar refractivity (Wildman–Crippen MR) is 78.0 cm³/mol. The van der Waals surface area contributed by atoms with Crippen LogP contribution in [0, 0.1) is 0 Å². The van der Waals surface area contributed by atoms with Gasteiger partial charge in [-0.25, -0.2) is 9.59 Å². The maximum absolute atomic E-state index is 11.6. The van der Waals surface area contributed by atoms with Crippen molar-refractivity contribution in [2.45, 2.75) is 37.3 Å². The lowest BCUT2D eigenvalue weighted by atomic mass is 10.2. The van der Waals surface area contributed by atoms with Gasteiger partial charge < -0.3 is 15.2 Å². The van der Waals surface area contributed by atoms with Crippen molar-refractivity contribution in [2.75, 3.05) is 5.75 Å². The number of rotatable bonds is 5. The van der Waals surface area contributed by atoms with E-state index in [1.807, 2.05) is 30.3 Å². The van der Waals surface area contributed by atoms with Crippen molar-refractivity contribution in [2.24, 2.45) is 0 Å². The van der Waals surface area contributed by atoms with Gasteiger partial charge in [0.15, 0.2) is 0 Å². The minimum Gasteiger partial charge on any atom is -0.480 e. The van der Waals surface area contributed by atoms with E-state index < -0.39 is 23.7 Å². The van der Waals surface area contributed by atoms with E-state index in [2.05, 4.69) is 5.32 Å². The van der Waals surface area contributed by atoms with Gasteiger partial charge in [-0.1, -0.05) is 18.2 Å². The van der Waals surface area contributed by atoms with E-state index in [-0.39, 0.29) is 5.75 Å². The Morgan fingerprint density at radius 3 is 2.40 bits per heavy atom. The number of thioether (sulfide) groups is 1. The SMILES string of the molecule is CC(C)(C)OC(=O)NC(CSc1ccccc1)C(=O)O. The fourth-order valence-electron chi connectivity index (χ4n) is 1.32. The van der Waals surface area contributed by atoms with Crippen LogP contribution in [0.5, 0.6) is 0 Å². The van der Waals surface area contributed by atoms with Crippen LogP contribution in [0.15, 0.2) is 35.2 Å². The van der Waals surface area contributed by atoms with E-state index in [0.717, 1.165) is 4.90 Å². The summed E-state index contributed by atoms with van der Waals surface area (Å²) >= 11 is 1.37. The molecule has 0 bridgehead atoms. The first-order valence-electron chi connectivity index (χ1n) is 6.18. The van der Waals surface area contributed by atoms with Crippen molar-refractivity contribution in [3.8, 4) is 0 Å². The molecule has 5 nitrogen and oxygen atoms in total. The second-order valence-electron chi connectivity index (χ2n) is 5.16. The molecular weight excluding hydrogens is 278 g/mol. The third kappa shape index (κ3) is 6.47. The maximum atomic E-state index is 11.6. The second-order valence-corrected chi connectivity index (χ2v) is 6.25. The Labute approximate surface area is 122 Å². The fourth-order valence-corrected chi connectivity index (χ4v) is 2.26. The van der Waals surface area contributed by atoms with Crippen LogP contribution in [0.2, 0.25) is 0 Å². The van der Waals surface area contributed by atoms with Crippen LogP contribution in [-0.4, -0.2) is 34.6 Å². The summed E-state index contributed by atoms with van der Waals surface area (Å²) in [4.78, 5) is 23.7. The van der Waals surface area contributed by atoms with E-state index in [0.29, 0.717) is 0 Å². The highest BCUT2D eigenvalue weighted by molar-refractivity contribution is 7.99. The molecule has 0 aliphatic rings. The van der Waals surface area contributed by atoms with E-state index in [1.54, 1.807) is 20.8 Å². The third-order valence-corrected chi connectivity index (χ3v) is 3.25. The van der Waals surface area contributed by atoms with Gasteiger partial charge >= 0.3 is 12.1 Å². The topological polar surface area (TPSA) is 75.6 Å². The number of alkyl carbamates (subject to hydrolysis) is 1. The lowest BCUT2D eigenvalue weighted by molar-refractivity contribution is -0.138. The van der Waals surface area contributed by atoms with E-state index in [4.69, 9.17) is 9.84 Å². The largest absolute Gasteiger partial charge is 0.480 e. The number of nitrogens with one attached hydrogen (secondary N) is 1. The average Bonchev–Trinajstić information content (AvgIpc) is 2.33. The number of carbonyl (C=O) groups is 2. The van der Waals surface area contributed by atoms with Crippen molar-refractivity contribution in [3.63, 3.8) is 0 Å². The van der Waals surface area contributed by atoms with Gasteiger partial charge in [-0.05, 0) is 32.9 Å². The van der Waals surface area contributed by atoms with Gasteiger partial charge in [-0.15, -0.1) is 11.8 Å². The number of amides is 1. The average molecular weight is 297 g/mol. The van der Waals surface area contributed by atoms with Crippen molar-refractivity contribution in [1.82, 2.24) is 5.32 Å². The summed E-state index contributed by atoms with van der Waals surface area (Å²) in [6, 6.07) is 8.42. The van der Waals surface area contributed by atoms with E-state index >= 15 is 0 Å². The molecule has 0 radical (unpaired) electrons. The molecule has 2 N–H and O–H groups in total. The minimum absolute atomic E-state index is 0.235. The van der Waals surface area contributed by atoms with Crippen molar-refractivity contribution in [1.29, 1.82) is 0 Å². The predicted octanol–water partition coefficient (Wildman–Crippen LogP) is 2.76. The smallest absolute Gasteiger partial charge is 0.408 e. The Kier molecular flexibility index (Phi) is 5.88. The van der Waals surface area contributed by atoms with Crippen LogP contribution in [0.1, 0.15) is 20.8 Å². The Balaban J connectivity index is 2.53. The highest BCUT2D eigenvalue weighted by Gasteiger charge is 2.23. The molecule has 6 heteroatoms. The molecule has 0 aromatic heterocycles. The van der Waals surface area contributed by atoms with E-state index in [9.17, 15) is 9.59 Å². The highest BCUT2D eigenvalue weighted by atomic mass is 32.2. The molecule has 0 saturated heterocycles. The lowest BCUT2D eigenvalue weighted by Gasteiger charge is -2.21. The number of hydrogen-bond acceptors (Lipinski definition) is 4. The summed E-state index contributed by atoms with van der Waals surface area (Å²) in [5.74, 6) is -0.849. The molecular formula is C14H19NO4S. The van der Waals surface area contributed by atoms with Gasteiger partial charge in [0.2, 0.25) is 0 Å². The van der Waals surface area contributed by atoms with Crippen molar-refractivity contribution >= 4 is 23.8 Å². The van der Waals surface area contributed by atoms with Gasteiger partial charge in [0.1, 0.15) is 11.6 Å². The molecule has 0 fully saturated rings. The van der Waals surface area contributed by atoms with Gasteiger partial charge in [0.25, 0.3) is 0 Å². The zero-order valence-corrected chi connectivity index (χ0v) is 12.6. The summed E-state index contributed by atoms with van der Waals surface area (Å²) < 4.78 is 5.05. The molecule has 0 aliphatic heterocycles. The Bertz CT molecular complexity index is 456. The minimum atomic E-state index is -1.08. The Hall–Kier alpha value is -1.69. The summed E-state index contributed by atoms with van der Waals surface area (Å²) in [5.41, 5.74) is -0.653. The number of carboxylic acids is 1. The third-order valence-electron chi connectivity index (χ3n) is 2.15. The zero-order valence-electron chi connectivity index (χ0n) is 11.8. The Morgan fingerprint density at radius 2 is 1.90 bits per heavy atom. The zero-order chi connectivity index (χ0) is 15.2. The summed E-state index contributed by atoms with van der Waals surface area (Å²) in [6.07, 6.45) is -0.724. The monoisotopic (exact) mass is 297 g/mol. The number of benzene rings is 1.